The lowest BCUT2D eigenvalue weighted by Gasteiger charge is -2.29. The smallest absolute Gasteiger partial charge is 0.235 e. The molecule has 1 unspecified atom stereocenters. The van der Waals surface area contributed by atoms with Crippen LogP contribution in [-0.2, 0) is 16.1 Å². The van der Waals surface area contributed by atoms with Gasteiger partial charge in [0.15, 0.2) is 23.3 Å². The van der Waals surface area contributed by atoms with Crippen LogP contribution in [0.25, 0.3) is 0 Å². The van der Waals surface area contributed by atoms with Gasteiger partial charge in [-0.2, -0.15) is 0 Å². The van der Waals surface area contributed by atoms with Gasteiger partial charge < -0.3 is 5.73 Å². The number of nitrogen functional groups attached to an aromatic ring is 1. The average molecular weight is 478 g/mol. The first-order chi connectivity index (χ1) is 16.1. The van der Waals surface area contributed by atoms with Crippen molar-refractivity contribution in [2.24, 2.45) is 17.6 Å². The van der Waals surface area contributed by atoms with Crippen molar-refractivity contribution in [3.05, 3.63) is 70.0 Å². The van der Waals surface area contributed by atoms with Crippen LogP contribution in [0, 0.1) is 46.3 Å². The number of fused-ring (bicyclic) bond motifs is 3. The van der Waals surface area contributed by atoms with Crippen LogP contribution in [0.2, 0.25) is 0 Å². The number of halogens is 5. The van der Waals surface area contributed by atoms with Crippen molar-refractivity contribution in [3.8, 4) is 0 Å². The fourth-order valence-corrected chi connectivity index (χ4v) is 5.63. The molecule has 4 atom stereocenters. The number of nitrogens with two attached hydrogens (primary N) is 1. The molecular weight excluding hydrogens is 459 g/mol. The zero-order valence-electron chi connectivity index (χ0n) is 17.6. The summed E-state index contributed by atoms with van der Waals surface area (Å²) in [5, 5.41) is 7.54. The van der Waals surface area contributed by atoms with E-state index in [1.807, 2.05) is 0 Å². The number of carbonyl (C=O) groups is 2. The molecule has 3 aliphatic rings. The summed E-state index contributed by atoms with van der Waals surface area (Å²) in [4.78, 5) is 29.3. The highest BCUT2D eigenvalue weighted by atomic mass is 19.2. The normalized spacial score (nSPS) is 26.3. The molecule has 2 amide bonds. The summed E-state index contributed by atoms with van der Waals surface area (Å²) in [6, 6.07) is 5.90. The molecule has 3 N–H and O–H groups in total. The number of rotatable bonds is 4. The van der Waals surface area contributed by atoms with Gasteiger partial charge in [-0.1, -0.05) is 24.3 Å². The van der Waals surface area contributed by atoms with E-state index >= 15 is 0 Å². The van der Waals surface area contributed by atoms with Crippen LogP contribution in [0.5, 0.6) is 0 Å². The summed E-state index contributed by atoms with van der Waals surface area (Å²) in [6.07, 6.45) is 1.42. The summed E-state index contributed by atoms with van der Waals surface area (Å²) < 4.78 is 69.3. The van der Waals surface area contributed by atoms with E-state index in [2.05, 4.69) is 4.90 Å². The summed E-state index contributed by atoms with van der Waals surface area (Å²) in [6.45, 7) is -0.395. The van der Waals surface area contributed by atoms with Gasteiger partial charge in [-0.25, -0.2) is 22.0 Å². The van der Waals surface area contributed by atoms with Crippen molar-refractivity contribution in [3.63, 3.8) is 0 Å². The van der Waals surface area contributed by atoms with Crippen molar-refractivity contribution < 1.29 is 31.5 Å². The lowest BCUT2D eigenvalue weighted by molar-refractivity contribution is -0.142. The highest BCUT2D eigenvalue weighted by Crippen LogP contribution is 2.53. The summed E-state index contributed by atoms with van der Waals surface area (Å²) in [5.74, 6) is -13.8. The molecule has 11 heteroatoms. The molecule has 0 spiro atoms. The van der Waals surface area contributed by atoms with E-state index in [0.717, 1.165) is 6.42 Å². The maximum Gasteiger partial charge on any atom is 0.235 e. The lowest BCUT2D eigenvalue weighted by atomic mass is 9.85. The molecule has 3 aliphatic heterocycles. The summed E-state index contributed by atoms with van der Waals surface area (Å²) >= 11 is 0. The lowest BCUT2D eigenvalue weighted by Crippen LogP contribution is -2.39. The number of nitrogens with one attached hydrogen (secondary N) is 1. The van der Waals surface area contributed by atoms with Crippen LogP contribution in [0.1, 0.15) is 35.6 Å². The van der Waals surface area contributed by atoms with Gasteiger partial charge in [0.05, 0.1) is 18.4 Å². The van der Waals surface area contributed by atoms with Crippen LogP contribution in [0.4, 0.5) is 22.0 Å². The van der Waals surface area contributed by atoms with Crippen LogP contribution in [0.3, 0.4) is 0 Å². The quantitative estimate of drug-likeness (QED) is 0.177. The molecule has 6 nitrogen and oxygen atoms in total. The molecule has 0 aromatic heterocycles. The maximum atomic E-state index is 14.3. The predicted molar refractivity (Wildman–Crippen MR) is 109 cm³/mol. The monoisotopic (exact) mass is 478 g/mol. The SMILES string of the molecule is N=C(N)c1ccc([C@H]2[C@H]3C(=O)N(Cc4c(F)c(F)c(F)c(F)c4F)C(=O)[C@H]3C3CCCN32)cc1. The van der Waals surface area contributed by atoms with E-state index in [-0.39, 0.29) is 11.9 Å². The molecule has 2 aromatic carbocycles. The molecule has 2 aromatic rings. The number of amidine groups is 1. The van der Waals surface area contributed by atoms with E-state index in [9.17, 15) is 31.5 Å². The van der Waals surface area contributed by atoms with Gasteiger partial charge in [-0.15, -0.1) is 0 Å². The Morgan fingerprint density at radius 3 is 2.06 bits per heavy atom. The third-order valence-electron chi connectivity index (χ3n) is 7.12. The Balaban J connectivity index is 1.52. The molecule has 3 fully saturated rings. The van der Waals surface area contributed by atoms with E-state index < -0.39 is 70.9 Å². The zero-order chi connectivity index (χ0) is 24.5. The molecule has 0 aliphatic carbocycles. The minimum Gasteiger partial charge on any atom is -0.384 e. The van der Waals surface area contributed by atoms with Crippen LogP contribution < -0.4 is 5.73 Å². The third kappa shape index (κ3) is 3.06. The molecule has 0 saturated carbocycles. The maximum absolute atomic E-state index is 14.3. The third-order valence-corrected chi connectivity index (χ3v) is 7.12. The largest absolute Gasteiger partial charge is 0.384 e. The van der Waals surface area contributed by atoms with Crippen LogP contribution in [0.15, 0.2) is 24.3 Å². The van der Waals surface area contributed by atoms with Crippen molar-refractivity contribution >= 4 is 17.6 Å². The topological polar surface area (TPSA) is 90.5 Å². The van der Waals surface area contributed by atoms with Gasteiger partial charge in [-0.05, 0) is 24.9 Å². The van der Waals surface area contributed by atoms with Gasteiger partial charge in [0.1, 0.15) is 5.84 Å². The molecule has 3 heterocycles. The molecule has 3 saturated heterocycles. The van der Waals surface area contributed by atoms with E-state index in [4.69, 9.17) is 11.1 Å². The van der Waals surface area contributed by atoms with Crippen molar-refractivity contribution in [2.75, 3.05) is 6.54 Å². The number of benzene rings is 2. The first kappa shape index (κ1) is 22.5. The highest BCUT2D eigenvalue weighted by Gasteiger charge is 2.63. The number of hydrogen-bond acceptors (Lipinski definition) is 4. The molecule has 0 bridgehead atoms. The second-order valence-corrected chi connectivity index (χ2v) is 8.79. The Morgan fingerprint density at radius 1 is 0.912 bits per heavy atom. The Morgan fingerprint density at radius 2 is 1.47 bits per heavy atom. The fraction of sp³-hybridized carbons (Fsp3) is 0.348. The van der Waals surface area contributed by atoms with Gasteiger partial charge >= 0.3 is 0 Å². The van der Waals surface area contributed by atoms with E-state index in [0.29, 0.717) is 29.0 Å². The van der Waals surface area contributed by atoms with Gasteiger partial charge in [0.25, 0.3) is 0 Å². The number of likely N-dealkylation sites (tertiary alicyclic amines) is 1. The Hall–Kier alpha value is -3.34. The Labute approximate surface area is 190 Å². The van der Waals surface area contributed by atoms with Crippen molar-refractivity contribution in [2.45, 2.75) is 31.5 Å². The van der Waals surface area contributed by atoms with Crippen LogP contribution >= 0.6 is 0 Å². The van der Waals surface area contributed by atoms with Crippen LogP contribution in [-0.4, -0.2) is 40.0 Å². The Kier molecular flexibility index (Phi) is 5.19. The van der Waals surface area contributed by atoms with Gasteiger partial charge in [-0.3, -0.25) is 24.8 Å². The molecule has 0 radical (unpaired) electrons. The molecule has 178 valence electrons. The fourth-order valence-electron chi connectivity index (χ4n) is 5.63. The number of amides is 2. The first-order valence-electron chi connectivity index (χ1n) is 10.7. The second-order valence-electron chi connectivity index (χ2n) is 8.79. The summed E-state index contributed by atoms with van der Waals surface area (Å²) in [7, 11) is 0. The highest BCUT2D eigenvalue weighted by molar-refractivity contribution is 6.06. The minimum atomic E-state index is -2.30. The Bertz CT molecular complexity index is 1210. The van der Waals surface area contributed by atoms with Gasteiger partial charge in [0.2, 0.25) is 17.6 Å². The summed E-state index contributed by atoms with van der Waals surface area (Å²) in [5.41, 5.74) is 5.48. The van der Waals surface area contributed by atoms with E-state index in [1.165, 1.54) is 0 Å². The minimum absolute atomic E-state index is 0.129. The van der Waals surface area contributed by atoms with Gasteiger partial charge in [0, 0.05) is 23.2 Å². The molecule has 34 heavy (non-hydrogen) atoms. The standard InChI is InChI=1S/C23H19F5N4O2/c24-15-11(16(25)18(27)19(28)17(15)26)8-32-22(33)13-12-2-1-7-31(12)20(14(13)23(32)34)9-3-5-10(6-4-9)21(29)30/h3-6,12-14,20H,1-2,7-8H2,(H3,29,30)/t12?,13-,14-,20-/m0/s1. The first-order valence-corrected chi connectivity index (χ1v) is 10.7. The van der Waals surface area contributed by atoms with Crippen molar-refractivity contribution in [1.29, 1.82) is 5.41 Å². The molecule has 5 rings (SSSR count). The number of imide groups is 1. The zero-order valence-corrected chi connectivity index (χ0v) is 17.6. The van der Waals surface area contributed by atoms with E-state index in [1.54, 1.807) is 24.3 Å². The second kappa shape index (κ2) is 7.86. The molecular formula is C23H19F5N4O2. The predicted octanol–water partition coefficient (Wildman–Crippen LogP) is 2.99. The number of hydrogen-bond donors (Lipinski definition) is 2. The number of nitrogens with zero attached hydrogens (tertiary/aromatic N) is 2. The average Bonchev–Trinajstić information content (AvgIpc) is 3.47. The van der Waals surface area contributed by atoms with Crippen molar-refractivity contribution in [1.82, 2.24) is 9.80 Å². The number of carbonyl (C=O) groups excluding carboxylic acids is 2.